The highest BCUT2D eigenvalue weighted by Gasteiger charge is 2.24. The topological polar surface area (TPSA) is 79.2 Å². The van der Waals surface area contributed by atoms with Gasteiger partial charge in [0, 0.05) is 5.02 Å². The van der Waals surface area contributed by atoms with Gasteiger partial charge in [0.05, 0.1) is 23.8 Å². The first-order valence-corrected chi connectivity index (χ1v) is 9.66. The van der Waals surface area contributed by atoms with Crippen molar-refractivity contribution in [1.29, 1.82) is 0 Å². The zero-order valence-electron chi connectivity index (χ0n) is 15.8. The molecule has 0 aliphatic carbocycles. The average Bonchev–Trinajstić information content (AvgIpc) is 3.06. The second-order valence-electron chi connectivity index (χ2n) is 6.74. The van der Waals surface area contributed by atoms with Crippen molar-refractivity contribution in [1.82, 2.24) is 19.2 Å². The van der Waals surface area contributed by atoms with Crippen molar-refractivity contribution in [3.05, 3.63) is 88.5 Å². The van der Waals surface area contributed by atoms with Gasteiger partial charge in [-0.25, -0.2) is 24.3 Å². The Kier molecular flexibility index (Phi) is 4.37. The molecule has 3 heterocycles. The molecule has 0 aliphatic rings. The number of para-hydroxylation sites is 2. The molecular formula is C22H16ClN6O+. The van der Waals surface area contributed by atoms with Crippen LogP contribution in [-0.2, 0) is 6.54 Å². The Balaban J connectivity index is 1.85. The maximum atomic E-state index is 13.1. The van der Waals surface area contributed by atoms with Gasteiger partial charge >= 0.3 is 5.56 Å². The number of aromatic amines is 1. The van der Waals surface area contributed by atoms with Crippen LogP contribution >= 0.6 is 11.6 Å². The molecule has 0 aliphatic heterocycles. The van der Waals surface area contributed by atoms with Crippen LogP contribution in [0.2, 0.25) is 5.02 Å². The van der Waals surface area contributed by atoms with E-state index in [0.717, 1.165) is 11.1 Å². The van der Waals surface area contributed by atoms with Crippen LogP contribution in [-0.4, -0.2) is 25.4 Å². The van der Waals surface area contributed by atoms with Gasteiger partial charge in [0.2, 0.25) is 5.65 Å². The molecule has 0 spiro atoms. The molecule has 5 aromatic rings. The lowest BCUT2D eigenvalue weighted by Gasteiger charge is -1.97. The predicted octanol–water partition coefficient (Wildman–Crippen LogP) is 3.44. The van der Waals surface area contributed by atoms with Crippen LogP contribution in [0.25, 0.3) is 33.2 Å². The number of halogens is 1. The number of benzene rings is 2. The largest absolute Gasteiger partial charge is 0.323 e. The van der Waals surface area contributed by atoms with E-state index in [-0.39, 0.29) is 5.56 Å². The summed E-state index contributed by atoms with van der Waals surface area (Å²) < 4.78 is 3.14. The number of nitrogens with zero attached hydrogens (tertiary/aromatic N) is 5. The Labute approximate surface area is 175 Å². The van der Waals surface area contributed by atoms with Crippen LogP contribution in [0.5, 0.6) is 0 Å². The molecule has 0 fully saturated rings. The van der Waals surface area contributed by atoms with Crippen molar-refractivity contribution in [3.8, 4) is 0 Å². The summed E-state index contributed by atoms with van der Waals surface area (Å²) >= 11 is 6.08. The maximum absolute atomic E-state index is 13.1. The standard InChI is InChI=1S/C22H15ClN6O/c1-2-10-28-13-24-20-18(22(28)30)19-21(27-17-9-4-3-8-16(17)26-19)29(20)25-12-14-6-5-7-15(23)11-14/h2-9,11-13H,1,10H2/p+1/b25-12+. The fourth-order valence-corrected chi connectivity index (χ4v) is 3.60. The van der Waals surface area contributed by atoms with Crippen LogP contribution in [0.4, 0.5) is 0 Å². The summed E-state index contributed by atoms with van der Waals surface area (Å²) in [6.07, 6.45) is 4.94. The zero-order valence-corrected chi connectivity index (χ0v) is 16.5. The number of hydrogen-bond donors (Lipinski definition) is 0. The van der Waals surface area contributed by atoms with Gasteiger partial charge in [0.1, 0.15) is 5.52 Å². The third-order valence-corrected chi connectivity index (χ3v) is 5.00. The van der Waals surface area contributed by atoms with E-state index in [1.807, 2.05) is 36.4 Å². The van der Waals surface area contributed by atoms with E-state index in [9.17, 15) is 4.79 Å². The van der Waals surface area contributed by atoms with Crippen LogP contribution in [0.3, 0.4) is 0 Å². The van der Waals surface area contributed by atoms with Crippen LogP contribution < -0.4 is 10.5 Å². The molecule has 7 nitrogen and oxygen atoms in total. The lowest BCUT2D eigenvalue weighted by atomic mass is 10.2. The molecule has 8 heteroatoms. The fraction of sp³-hybridized carbons (Fsp3) is 0.0455. The highest BCUT2D eigenvalue weighted by molar-refractivity contribution is 6.30. The third kappa shape index (κ3) is 2.96. The summed E-state index contributed by atoms with van der Waals surface area (Å²) in [6.45, 7) is 4.09. The van der Waals surface area contributed by atoms with E-state index in [1.54, 1.807) is 35.4 Å². The first kappa shape index (κ1) is 18.2. The van der Waals surface area contributed by atoms with E-state index in [1.165, 1.54) is 4.57 Å². The average molecular weight is 416 g/mol. The van der Waals surface area contributed by atoms with Gasteiger partial charge in [0.25, 0.3) is 5.65 Å². The van der Waals surface area contributed by atoms with Gasteiger partial charge in [-0.15, -0.1) is 9.78 Å². The van der Waals surface area contributed by atoms with Crippen LogP contribution in [0, 0.1) is 0 Å². The second kappa shape index (κ2) is 7.20. The minimum atomic E-state index is -0.185. The summed E-state index contributed by atoms with van der Waals surface area (Å²) in [6, 6.07) is 14.9. The molecule has 2 aromatic carbocycles. The SMILES string of the molecule is C=CCn1c[nH+]c2c(c1=O)c1nc3ccccc3nc1n2/N=C/c1cccc(Cl)c1. The Morgan fingerprint density at radius 1 is 1.13 bits per heavy atom. The van der Waals surface area contributed by atoms with Crippen molar-refractivity contribution < 1.29 is 4.98 Å². The summed E-state index contributed by atoms with van der Waals surface area (Å²) in [5.41, 5.74) is 3.57. The van der Waals surface area contributed by atoms with E-state index >= 15 is 0 Å². The van der Waals surface area contributed by atoms with E-state index in [4.69, 9.17) is 21.6 Å². The number of H-pyrrole nitrogens is 1. The molecule has 0 radical (unpaired) electrons. The molecular weight excluding hydrogens is 400 g/mol. The number of allylic oxidation sites excluding steroid dienone is 1. The number of aromatic nitrogens is 5. The van der Waals surface area contributed by atoms with Gasteiger partial charge < -0.3 is 0 Å². The van der Waals surface area contributed by atoms with Crippen LogP contribution in [0.15, 0.2) is 77.4 Å². The molecule has 1 N–H and O–H groups in total. The third-order valence-electron chi connectivity index (χ3n) is 4.77. The normalized spacial score (nSPS) is 11.8. The number of hydrogen-bond acceptors (Lipinski definition) is 4. The van der Waals surface area contributed by atoms with Gasteiger partial charge in [0.15, 0.2) is 11.7 Å². The Bertz CT molecular complexity index is 1530. The second-order valence-corrected chi connectivity index (χ2v) is 7.18. The molecule has 0 unspecified atom stereocenters. The maximum Gasteiger partial charge on any atom is 0.323 e. The minimum absolute atomic E-state index is 0.185. The molecule has 0 saturated carbocycles. The van der Waals surface area contributed by atoms with Gasteiger partial charge in [-0.3, -0.25) is 0 Å². The van der Waals surface area contributed by atoms with Crippen molar-refractivity contribution in [2.75, 3.05) is 0 Å². The Morgan fingerprint density at radius 3 is 2.70 bits per heavy atom. The van der Waals surface area contributed by atoms with Crippen molar-refractivity contribution in [2.24, 2.45) is 5.10 Å². The quantitative estimate of drug-likeness (QED) is 0.333. The molecule has 0 saturated heterocycles. The van der Waals surface area contributed by atoms with Crippen molar-refractivity contribution in [2.45, 2.75) is 6.54 Å². The van der Waals surface area contributed by atoms with Gasteiger partial charge in [-0.05, 0) is 29.8 Å². The van der Waals surface area contributed by atoms with Crippen molar-refractivity contribution in [3.63, 3.8) is 0 Å². The van der Waals surface area contributed by atoms with Gasteiger partial charge in [-0.2, -0.15) is 0 Å². The Morgan fingerprint density at radius 2 is 1.93 bits per heavy atom. The summed E-state index contributed by atoms with van der Waals surface area (Å²) in [5.74, 6) is 0. The molecule has 0 amide bonds. The first-order chi connectivity index (χ1) is 14.7. The molecule has 5 rings (SSSR count). The smallest absolute Gasteiger partial charge is 0.250 e. The summed E-state index contributed by atoms with van der Waals surface area (Å²) in [5, 5.41) is 5.63. The summed E-state index contributed by atoms with van der Waals surface area (Å²) in [4.78, 5) is 25.8. The monoisotopic (exact) mass is 415 g/mol. The minimum Gasteiger partial charge on any atom is -0.250 e. The first-order valence-electron chi connectivity index (χ1n) is 9.28. The van der Waals surface area contributed by atoms with Crippen LogP contribution in [0.1, 0.15) is 5.56 Å². The summed E-state index contributed by atoms with van der Waals surface area (Å²) in [7, 11) is 0. The molecule has 0 atom stereocenters. The fourth-order valence-electron chi connectivity index (χ4n) is 3.41. The van der Waals surface area contributed by atoms with E-state index in [2.05, 4.69) is 16.7 Å². The molecule has 30 heavy (non-hydrogen) atoms. The van der Waals surface area contributed by atoms with Gasteiger partial charge in [-0.1, -0.05) is 48.5 Å². The highest BCUT2D eigenvalue weighted by Crippen LogP contribution is 2.23. The Hall–Kier alpha value is -3.84. The molecule has 3 aromatic heterocycles. The number of nitrogens with one attached hydrogen (secondary N) is 1. The molecule has 146 valence electrons. The lowest BCUT2D eigenvalue weighted by molar-refractivity contribution is -0.357. The highest BCUT2D eigenvalue weighted by atomic mass is 35.5. The number of fused-ring (bicyclic) bond motifs is 4. The predicted molar refractivity (Wildman–Crippen MR) is 118 cm³/mol. The lowest BCUT2D eigenvalue weighted by Crippen LogP contribution is -2.26. The number of rotatable bonds is 4. The zero-order chi connectivity index (χ0) is 20.7. The van der Waals surface area contributed by atoms with E-state index < -0.39 is 0 Å². The molecule has 0 bridgehead atoms. The van der Waals surface area contributed by atoms with Crippen molar-refractivity contribution >= 4 is 51.0 Å². The van der Waals surface area contributed by atoms with E-state index in [0.29, 0.717) is 39.3 Å².